The van der Waals surface area contributed by atoms with E-state index in [-0.39, 0.29) is 29.3 Å². The molecule has 24 heavy (non-hydrogen) atoms. The minimum absolute atomic E-state index is 0.00978. The summed E-state index contributed by atoms with van der Waals surface area (Å²) >= 11 is 0. The fourth-order valence-corrected chi connectivity index (χ4v) is 3.36. The quantitative estimate of drug-likeness (QED) is 0.709. The summed E-state index contributed by atoms with van der Waals surface area (Å²) in [6.45, 7) is 8.69. The van der Waals surface area contributed by atoms with Crippen LogP contribution in [0, 0.1) is 16.7 Å². The molecule has 3 rings (SSSR count). The van der Waals surface area contributed by atoms with E-state index in [0.717, 1.165) is 11.3 Å². The number of carbonyl (C=O) groups excluding carboxylic acids is 1. The van der Waals surface area contributed by atoms with Crippen molar-refractivity contribution >= 4 is 5.97 Å². The van der Waals surface area contributed by atoms with Gasteiger partial charge in [-0.05, 0) is 29.0 Å². The third kappa shape index (κ3) is 2.91. The van der Waals surface area contributed by atoms with Crippen molar-refractivity contribution in [3.8, 4) is 11.5 Å². The lowest BCUT2D eigenvalue weighted by Crippen LogP contribution is -2.11. The molecule has 0 saturated heterocycles. The van der Waals surface area contributed by atoms with Gasteiger partial charge in [-0.3, -0.25) is 4.79 Å². The smallest absolute Gasteiger partial charge is 0.310 e. The number of para-hydroxylation sites is 2. The molecule has 1 aliphatic carbocycles. The highest BCUT2D eigenvalue weighted by atomic mass is 16.5. The normalized spacial score (nSPS) is 18.0. The first kappa shape index (κ1) is 16.6. The van der Waals surface area contributed by atoms with E-state index in [2.05, 4.69) is 27.7 Å². The first-order valence-electron chi connectivity index (χ1n) is 8.31. The molecule has 0 aliphatic heterocycles. The lowest BCUT2D eigenvalue weighted by atomic mass is 10.0. The van der Waals surface area contributed by atoms with Crippen molar-refractivity contribution in [1.82, 2.24) is 0 Å². The largest absolute Gasteiger partial charge is 0.460 e. The number of esters is 1. The van der Waals surface area contributed by atoms with Crippen molar-refractivity contribution in [3.05, 3.63) is 60.2 Å². The van der Waals surface area contributed by atoms with E-state index in [0.29, 0.717) is 5.75 Å². The Morgan fingerprint density at radius 3 is 2.12 bits per heavy atom. The molecule has 1 saturated carbocycles. The maximum atomic E-state index is 12.4. The van der Waals surface area contributed by atoms with Crippen molar-refractivity contribution in [2.75, 3.05) is 0 Å². The van der Waals surface area contributed by atoms with Gasteiger partial charge in [0.25, 0.3) is 0 Å². The number of carbonyl (C=O) groups is 1. The second-order valence-corrected chi connectivity index (χ2v) is 7.51. The van der Waals surface area contributed by atoms with Crippen LogP contribution in [-0.2, 0) is 16.1 Å². The summed E-state index contributed by atoms with van der Waals surface area (Å²) in [7, 11) is 0. The monoisotopic (exact) mass is 324 g/mol. The molecule has 0 N–H and O–H groups in total. The molecule has 0 heterocycles. The summed E-state index contributed by atoms with van der Waals surface area (Å²) in [5.74, 6) is 1.30. The molecule has 0 atom stereocenters. The Morgan fingerprint density at radius 1 is 0.917 bits per heavy atom. The van der Waals surface area contributed by atoms with Crippen LogP contribution in [0.4, 0.5) is 0 Å². The molecule has 2 aromatic rings. The van der Waals surface area contributed by atoms with Gasteiger partial charge in [-0.25, -0.2) is 0 Å². The molecule has 0 unspecified atom stereocenters. The van der Waals surface area contributed by atoms with Crippen LogP contribution >= 0.6 is 0 Å². The van der Waals surface area contributed by atoms with E-state index in [4.69, 9.17) is 9.47 Å². The third-order valence-electron chi connectivity index (χ3n) is 5.57. The van der Waals surface area contributed by atoms with Gasteiger partial charge >= 0.3 is 5.97 Å². The maximum Gasteiger partial charge on any atom is 0.310 e. The van der Waals surface area contributed by atoms with Crippen LogP contribution < -0.4 is 4.74 Å². The van der Waals surface area contributed by atoms with E-state index in [9.17, 15) is 4.79 Å². The summed E-state index contributed by atoms with van der Waals surface area (Å²) in [6, 6.07) is 17.2. The van der Waals surface area contributed by atoms with Gasteiger partial charge in [-0.1, -0.05) is 64.1 Å². The maximum absolute atomic E-state index is 12.4. The van der Waals surface area contributed by atoms with Crippen LogP contribution in [0.1, 0.15) is 33.3 Å². The highest BCUT2D eigenvalue weighted by molar-refractivity contribution is 5.78. The Kier molecular flexibility index (Phi) is 4.12. The van der Waals surface area contributed by atoms with Gasteiger partial charge in [0, 0.05) is 5.56 Å². The SMILES string of the molecule is CC1(C)C(C(=O)OCc2ccccc2Oc2ccccc2)C1(C)C. The molecule has 0 amide bonds. The number of rotatable bonds is 5. The van der Waals surface area contributed by atoms with E-state index in [1.807, 2.05) is 54.6 Å². The van der Waals surface area contributed by atoms with Crippen LogP contribution in [0.15, 0.2) is 54.6 Å². The second-order valence-electron chi connectivity index (χ2n) is 7.51. The predicted molar refractivity (Wildman–Crippen MR) is 93.8 cm³/mol. The van der Waals surface area contributed by atoms with Gasteiger partial charge in [0.2, 0.25) is 0 Å². The molecule has 3 heteroatoms. The summed E-state index contributed by atoms with van der Waals surface area (Å²) in [5, 5.41) is 0. The fourth-order valence-electron chi connectivity index (χ4n) is 3.36. The summed E-state index contributed by atoms with van der Waals surface area (Å²) in [5.41, 5.74) is 0.847. The average Bonchev–Trinajstić information content (AvgIpc) is 2.96. The Balaban J connectivity index is 1.67. The van der Waals surface area contributed by atoms with Crippen LogP contribution in [0.2, 0.25) is 0 Å². The summed E-state index contributed by atoms with van der Waals surface area (Å²) in [4.78, 5) is 12.4. The highest BCUT2D eigenvalue weighted by Crippen LogP contribution is 2.68. The van der Waals surface area contributed by atoms with E-state index in [1.54, 1.807) is 0 Å². The molecule has 2 aromatic carbocycles. The van der Waals surface area contributed by atoms with Crippen molar-refractivity contribution in [2.24, 2.45) is 16.7 Å². The Hall–Kier alpha value is -2.29. The van der Waals surface area contributed by atoms with Gasteiger partial charge in [0.05, 0.1) is 5.92 Å². The van der Waals surface area contributed by atoms with Crippen LogP contribution in [0.25, 0.3) is 0 Å². The lowest BCUT2D eigenvalue weighted by molar-refractivity contribution is -0.148. The molecule has 3 nitrogen and oxygen atoms in total. The standard InChI is InChI=1S/C21H24O3/c1-20(2)18(21(20,3)4)19(22)23-14-15-10-8-9-13-17(15)24-16-11-6-5-7-12-16/h5-13,18H,14H2,1-4H3. The van der Waals surface area contributed by atoms with E-state index >= 15 is 0 Å². The molecule has 0 bridgehead atoms. The third-order valence-corrected chi connectivity index (χ3v) is 5.57. The van der Waals surface area contributed by atoms with Gasteiger partial charge in [0.1, 0.15) is 18.1 Å². The van der Waals surface area contributed by atoms with E-state index < -0.39 is 0 Å². The zero-order valence-electron chi connectivity index (χ0n) is 14.7. The zero-order chi connectivity index (χ0) is 17.4. The van der Waals surface area contributed by atoms with Crippen molar-refractivity contribution in [3.63, 3.8) is 0 Å². The molecule has 0 radical (unpaired) electrons. The molecule has 0 aromatic heterocycles. The first-order chi connectivity index (χ1) is 11.3. The Labute approximate surface area is 143 Å². The molecule has 1 aliphatic rings. The van der Waals surface area contributed by atoms with Gasteiger partial charge in [-0.15, -0.1) is 0 Å². The van der Waals surface area contributed by atoms with Crippen LogP contribution in [0.5, 0.6) is 11.5 Å². The van der Waals surface area contributed by atoms with Crippen molar-refractivity contribution in [1.29, 1.82) is 0 Å². The molecular formula is C21H24O3. The fraction of sp³-hybridized carbons (Fsp3) is 0.381. The number of hydrogen-bond donors (Lipinski definition) is 0. The number of ether oxygens (including phenoxy) is 2. The van der Waals surface area contributed by atoms with Gasteiger partial charge in [-0.2, -0.15) is 0 Å². The Bertz CT molecular complexity index is 718. The minimum atomic E-state index is -0.125. The van der Waals surface area contributed by atoms with Crippen molar-refractivity contribution < 1.29 is 14.3 Å². The summed E-state index contributed by atoms with van der Waals surface area (Å²) < 4.78 is 11.5. The highest BCUT2D eigenvalue weighted by Gasteiger charge is 2.69. The Morgan fingerprint density at radius 2 is 1.50 bits per heavy atom. The van der Waals surface area contributed by atoms with E-state index in [1.165, 1.54) is 0 Å². The number of hydrogen-bond acceptors (Lipinski definition) is 3. The van der Waals surface area contributed by atoms with Crippen molar-refractivity contribution in [2.45, 2.75) is 34.3 Å². The predicted octanol–water partition coefficient (Wildman–Crippen LogP) is 5.20. The molecule has 1 fully saturated rings. The summed E-state index contributed by atoms with van der Waals surface area (Å²) in [6.07, 6.45) is 0. The first-order valence-corrected chi connectivity index (χ1v) is 8.31. The van der Waals surface area contributed by atoms with Crippen LogP contribution in [0.3, 0.4) is 0 Å². The lowest BCUT2D eigenvalue weighted by Gasteiger charge is -2.12. The molecule has 0 spiro atoms. The topological polar surface area (TPSA) is 35.5 Å². The molecular weight excluding hydrogens is 300 g/mol. The van der Waals surface area contributed by atoms with Crippen LogP contribution in [-0.4, -0.2) is 5.97 Å². The van der Waals surface area contributed by atoms with Gasteiger partial charge < -0.3 is 9.47 Å². The van der Waals surface area contributed by atoms with Gasteiger partial charge in [0.15, 0.2) is 0 Å². The second kappa shape index (κ2) is 5.97. The number of benzene rings is 2. The average molecular weight is 324 g/mol. The zero-order valence-corrected chi connectivity index (χ0v) is 14.7. The minimum Gasteiger partial charge on any atom is -0.460 e. The molecule has 126 valence electrons.